The van der Waals surface area contributed by atoms with Gasteiger partial charge in [-0.3, -0.25) is 0 Å². The highest BCUT2D eigenvalue weighted by atomic mass is 19.1. The highest BCUT2D eigenvalue weighted by molar-refractivity contribution is 5.37. The van der Waals surface area contributed by atoms with Crippen LogP contribution in [0.15, 0.2) is 12.3 Å². The number of pyridine rings is 1. The summed E-state index contributed by atoms with van der Waals surface area (Å²) >= 11 is 0. The summed E-state index contributed by atoms with van der Waals surface area (Å²) < 4.78 is 33.7. The van der Waals surface area contributed by atoms with E-state index in [1.807, 2.05) is 0 Å². The SMILES string of the molecule is [2H]C([2H])([2H])c1c(F)ccnc1N. The van der Waals surface area contributed by atoms with Gasteiger partial charge in [0.1, 0.15) is 11.6 Å². The summed E-state index contributed by atoms with van der Waals surface area (Å²) in [5.74, 6) is -1.13. The molecule has 0 aromatic carbocycles. The minimum atomic E-state index is -2.54. The van der Waals surface area contributed by atoms with Crippen LogP contribution in [-0.2, 0) is 0 Å². The van der Waals surface area contributed by atoms with Gasteiger partial charge in [0.2, 0.25) is 0 Å². The summed E-state index contributed by atoms with van der Waals surface area (Å²) in [4.78, 5) is 3.48. The monoisotopic (exact) mass is 129 g/mol. The lowest BCUT2D eigenvalue weighted by Crippen LogP contribution is -1.95. The van der Waals surface area contributed by atoms with Crippen molar-refractivity contribution < 1.29 is 8.50 Å². The van der Waals surface area contributed by atoms with Crippen LogP contribution in [0.3, 0.4) is 0 Å². The molecule has 0 saturated heterocycles. The van der Waals surface area contributed by atoms with E-state index in [-0.39, 0.29) is 5.82 Å². The Kier molecular flexibility index (Phi) is 0.704. The zero-order valence-corrected chi connectivity index (χ0v) is 4.56. The Labute approximate surface area is 56.7 Å². The van der Waals surface area contributed by atoms with E-state index >= 15 is 0 Å². The van der Waals surface area contributed by atoms with Crippen molar-refractivity contribution in [2.75, 3.05) is 5.73 Å². The average molecular weight is 129 g/mol. The van der Waals surface area contributed by atoms with E-state index in [1.165, 1.54) is 0 Å². The molecule has 48 valence electrons. The van der Waals surface area contributed by atoms with E-state index in [0.29, 0.717) is 0 Å². The molecule has 0 aliphatic heterocycles. The summed E-state index contributed by atoms with van der Waals surface area (Å²) in [5, 5.41) is 0. The van der Waals surface area contributed by atoms with Gasteiger partial charge in [-0.2, -0.15) is 0 Å². The first-order valence-electron chi connectivity index (χ1n) is 3.83. The minimum absolute atomic E-state index is 0.282. The summed E-state index contributed by atoms with van der Waals surface area (Å²) in [6, 6.07) is 0.970. The normalized spacial score (nSPS) is 15.9. The summed E-state index contributed by atoms with van der Waals surface area (Å²) in [6.07, 6.45) is 1.12. The van der Waals surface area contributed by atoms with Crippen molar-refractivity contribution in [2.24, 2.45) is 0 Å². The molecule has 2 N–H and O–H groups in total. The van der Waals surface area contributed by atoms with E-state index in [2.05, 4.69) is 4.98 Å². The largest absolute Gasteiger partial charge is 0.383 e. The van der Waals surface area contributed by atoms with Gasteiger partial charge in [-0.05, 0) is 12.9 Å². The Morgan fingerprint density at radius 2 is 2.67 bits per heavy atom. The van der Waals surface area contributed by atoms with Crippen LogP contribution in [0.25, 0.3) is 0 Å². The third kappa shape index (κ3) is 0.988. The maximum absolute atomic E-state index is 12.9. The van der Waals surface area contributed by atoms with Crippen molar-refractivity contribution in [1.82, 2.24) is 4.98 Å². The molecule has 1 aromatic rings. The summed E-state index contributed by atoms with van der Waals surface area (Å²) in [7, 11) is 0. The smallest absolute Gasteiger partial charge is 0.131 e. The molecule has 0 aliphatic carbocycles. The summed E-state index contributed by atoms with van der Waals surface area (Å²) in [5.41, 5.74) is 4.69. The van der Waals surface area contributed by atoms with Gasteiger partial charge in [-0.15, -0.1) is 0 Å². The zero-order valence-electron chi connectivity index (χ0n) is 7.56. The fourth-order valence-corrected chi connectivity index (χ4v) is 0.453. The molecule has 0 atom stereocenters. The maximum atomic E-state index is 12.9. The van der Waals surface area contributed by atoms with Gasteiger partial charge in [0.25, 0.3) is 0 Å². The van der Waals surface area contributed by atoms with Gasteiger partial charge < -0.3 is 5.73 Å². The molecule has 1 rings (SSSR count). The first-order chi connectivity index (χ1) is 5.43. The Hall–Kier alpha value is -1.12. The fourth-order valence-electron chi connectivity index (χ4n) is 0.453. The lowest BCUT2D eigenvalue weighted by Gasteiger charge is -1.96. The molecule has 0 unspecified atom stereocenters. The molecule has 3 heteroatoms. The number of rotatable bonds is 0. The second-order valence-corrected chi connectivity index (χ2v) is 1.55. The average Bonchev–Trinajstić information content (AvgIpc) is 1.82. The van der Waals surface area contributed by atoms with Gasteiger partial charge in [0.05, 0.1) is 0 Å². The van der Waals surface area contributed by atoms with Crippen molar-refractivity contribution in [1.29, 1.82) is 0 Å². The highest BCUT2D eigenvalue weighted by Gasteiger charge is 1.98. The van der Waals surface area contributed by atoms with Crippen LogP contribution in [0.2, 0.25) is 0 Å². The summed E-state index contributed by atoms with van der Waals surface area (Å²) in [6.45, 7) is -2.54. The van der Waals surface area contributed by atoms with Crippen molar-refractivity contribution in [3.63, 3.8) is 0 Å². The van der Waals surface area contributed by atoms with Gasteiger partial charge in [0.15, 0.2) is 0 Å². The quantitative estimate of drug-likeness (QED) is 0.570. The molecule has 0 saturated carbocycles. The second kappa shape index (κ2) is 2.01. The Morgan fingerprint density at radius 3 is 3.11 bits per heavy atom. The molecule has 9 heavy (non-hydrogen) atoms. The molecule has 0 radical (unpaired) electrons. The topological polar surface area (TPSA) is 38.9 Å². The zero-order chi connectivity index (χ0) is 9.35. The molecule has 0 bridgehead atoms. The predicted molar refractivity (Wildman–Crippen MR) is 33.3 cm³/mol. The lowest BCUT2D eigenvalue weighted by atomic mass is 10.3. The molecular formula is C6H7FN2. The van der Waals surface area contributed by atoms with E-state index < -0.39 is 18.2 Å². The number of aromatic nitrogens is 1. The van der Waals surface area contributed by atoms with Gasteiger partial charge in [-0.1, -0.05) is 0 Å². The van der Waals surface area contributed by atoms with Crippen LogP contribution in [0.1, 0.15) is 9.68 Å². The Bertz CT molecular complexity index is 277. The van der Waals surface area contributed by atoms with E-state index in [9.17, 15) is 4.39 Å². The van der Waals surface area contributed by atoms with Crippen molar-refractivity contribution >= 4 is 5.82 Å². The molecule has 0 fully saturated rings. The maximum Gasteiger partial charge on any atom is 0.131 e. The van der Waals surface area contributed by atoms with Crippen molar-refractivity contribution in [3.05, 3.63) is 23.6 Å². The number of anilines is 1. The number of nitrogens with two attached hydrogens (primary N) is 1. The lowest BCUT2D eigenvalue weighted by molar-refractivity contribution is 0.617. The molecule has 0 amide bonds. The minimum Gasteiger partial charge on any atom is -0.383 e. The third-order valence-electron chi connectivity index (χ3n) is 0.929. The fraction of sp³-hybridized carbons (Fsp3) is 0.167. The van der Waals surface area contributed by atoms with E-state index in [4.69, 9.17) is 9.85 Å². The van der Waals surface area contributed by atoms with Gasteiger partial charge >= 0.3 is 0 Å². The van der Waals surface area contributed by atoms with Crippen molar-refractivity contribution in [3.8, 4) is 0 Å². The Balaban J connectivity index is 3.31. The third-order valence-corrected chi connectivity index (χ3v) is 0.929. The number of nitrogen functional groups attached to an aromatic ring is 1. The molecule has 0 spiro atoms. The molecule has 1 aromatic heterocycles. The predicted octanol–water partition coefficient (Wildman–Crippen LogP) is 1.11. The second-order valence-electron chi connectivity index (χ2n) is 1.55. The number of nitrogens with zero attached hydrogens (tertiary/aromatic N) is 1. The van der Waals surface area contributed by atoms with Crippen LogP contribution >= 0.6 is 0 Å². The highest BCUT2D eigenvalue weighted by Crippen LogP contribution is 2.08. The number of hydrogen-bond acceptors (Lipinski definition) is 2. The molecular weight excluding hydrogens is 119 g/mol. The van der Waals surface area contributed by atoms with Crippen molar-refractivity contribution in [2.45, 2.75) is 6.85 Å². The molecule has 0 aliphatic rings. The number of halogens is 1. The Morgan fingerprint density at radius 1 is 1.89 bits per heavy atom. The number of hydrogen-bond donors (Lipinski definition) is 1. The van der Waals surface area contributed by atoms with Crippen LogP contribution < -0.4 is 5.73 Å². The van der Waals surface area contributed by atoms with E-state index in [1.54, 1.807) is 0 Å². The molecule has 1 heterocycles. The van der Waals surface area contributed by atoms with Crippen LogP contribution in [0.5, 0.6) is 0 Å². The van der Waals surface area contributed by atoms with Gasteiger partial charge in [0, 0.05) is 15.9 Å². The van der Waals surface area contributed by atoms with Gasteiger partial charge in [-0.25, -0.2) is 9.37 Å². The van der Waals surface area contributed by atoms with Crippen LogP contribution in [0.4, 0.5) is 10.2 Å². The van der Waals surface area contributed by atoms with Crippen LogP contribution in [0, 0.1) is 12.7 Å². The first kappa shape index (κ1) is 3.15. The van der Waals surface area contributed by atoms with E-state index in [0.717, 1.165) is 12.3 Å². The molecule has 2 nitrogen and oxygen atoms in total. The van der Waals surface area contributed by atoms with Crippen LogP contribution in [-0.4, -0.2) is 4.98 Å². The standard InChI is InChI=1S/C6H7FN2/c1-4-5(7)2-3-9-6(4)8/h2-3H,1H3,(H2,8,9)/i1D3. The first-order valence-corrected chi connectivity index (χ1v) is 2.33.